The molecule has 16 heavy (non-hydrogen) atoms. The summed E-state index contributed by atoms with van der Waals surface area (Å²) in [6.45, 7) is 0. The van der Waals surface area contributed by atoms with Gasteiger partial charge in [0.25, 0.3) is 0 Å². The SMILES string of the molecule is O=C(O)C1Cc2c(cccc2C(F)(F)F)N1. The van der Waals surface area contributed by atoms with Crippen LogP contribution >= 0.6 is 0 Å². The number of anilines is 1. The van der Waals surface area contributed by atoms with Crippen molar-refractivity contribution >= 4 is 11.7 Å². The van der Waals surface area contributed by atoms with Gasteiger partial charge in [-0.1, -0.05) is 6.07 Å². The number of carboxylic acids is 1. The molecule has 1 aromatic carbocycles. The number of aliphatic carboxylic acids is 1. The van der Waals surface area contributed by atoms with E-state index in [1.165, 1.54) is 12.1 Å². The first-order valence-corrected chi connectivity index (χ1v) is 4.58. The summed E-state index contributed by atoms with van der Waals surface area (Å²) in [5.74, 6) is -1.15. The van der Waals surface area contributed by atoms with E-state index in [0.29, 0.717) is 0 Å². The van der Waals surface area contributed by atoms with Crippen LogP contribution < -0.4 is 5.32 Å². The number of benzene rings is 1. The molecule has 0 bridgehead atoms. The molecule has 0 spiro atoms. The highest BCUT2D eigenvalue weighted by Gasteiger charge is 2.38. The van der Waals surface area contributed by atoms with Crippen LogP contribution in [0.5, 0.6) is 0 Å². The number of rotatable bonds is 1. The third-order valence-corrected chi connectivity index (χ3v) is 2.52. The maximum absolute atomic E-state index is 12.6. The molecule has 0 radical (unpaired) electrons. The topological polar surface area (TPSA) is 49.3 Å². The fourth-order valence-corrected chi connectivity index (χ4v) is 1.80. The molecule has 1 heterocycles. The number of hydrogen-bond donors (Lipinski definition) is 2. The zero-order chi connectivity index (χ0) is 11.9. The molecule has 1 unspecified atom stereocenters. The van der Waals surface area contributed by atoms with Crippen molar-refractivity contribution in [2.45, 2.75) is 18.6 Å². The van der Waals surface area contributed by atoms with Crippen molar-refractivity contribution in [3.8, 4) is 0 Å². The van der Waals surface area contributed by atoms with E-state index in [9.17, 15) is 18.0 Å². The molecule has 0 saturated heterocycles. The molecular formula is C10H8F3NO2. The third-order valence-electron chi connectivity index (χ3n) is 2.52. The molecule has 6 heteroatoms. The van der Waals surface area contributed by atoms with Gasteiger partial charge in [-0.3, -0.25) is 0 Å². The first-order chi connectivity index (χ1) is 7.39. The molecule has 86 valence electrons. The number of carbonyl (C=O) groups is 1. The van der Waals surface area contributed by atoms with E-state index in [4.69, 9.17) is 5.11 Å². The summed E-state index contributed by atoms with van der Waals surface area (Å²) in [6.07, 6.45) is -4.58. The minimum atomic E-state index is -4.44. The van der Waals surface area contributed by atoms with Gasteiger partial charge in [0.15, 0.2) is 0 Å². The van der Waals surface area contributed by atoms with E-state index in [0.717, 1.165) is 6.07 Å². The van der Waals surface area contributed by atoms with Gasteiger partial charge >= 0.3 is 12.1 Å². The van der Waals surface area contributed by atoms with Gasteiger partial charge in [0.05, 0.1) is 5.56 Å². The van der Waals surface area contributed by atoms with Crippen LogP contribution in [0.2, 0.25) is 0 Å². The lowest BCUT2D eigenvalue weighted by Crippen LogP contribution is -2.26. The predicted molar refractivity (Wildman–Crippen MR) is 50.2 cm³/mol. The van der Waals surface area contributed by atoms with E-state index < -0.39 is 23.8 Å². The Bertz CT molecular complexity index is 442. The second-order valence-electron chi connectivity index (χ2n) is 3.57. The zero-order valence-corrected chi connectivity index (χ0v) is 8.01. The summed E-state index contributed by atoms with van der Waals surface area (Å²) in [7, 11) is 0. The molecule has 1 aromatic rings. The van der Waals surface area contributed by atoms with Crippen LogP contribution in [0.4, 0.5) is 18.9 Å². The summed E-state index contributed by atoms with van der Waals surface area (Å²) in [5, 5.41) is 11.3. The number of carboxylic acid groups (broad SMARTS) is 1. The second-order valence-corrected chi connectivity index (χ2v) is 3.57. The van der Waals surface area contributed by atoms with Crippen molar-refractivity contribution in [1.82, 2.24) is 0 Å². The molecule has 0 aromatic heterocycles. The van der Waals surface area contributed by atoms with Crippen molar-refractivity contribution in [2.75, 3.05) is 5.32 Å². The lowest BCUT2D eigenvalue weighted by molar-refractivity contribution is -0.140. The van der Waals surface area contributed by atoms with Crippen LogP contribution in [0.1, 0.15) is 11.1 Å². The molecule has 1 aliphatic heterocycles. The first kappa shape index (κ1) is 10.8. The Balaban J connectivity index is 2.42. The molecular weight excluding hydrogens is 223 g/mol. The van der Waals surface area contributed by atoms with E-state index >= 15 is 0 Å². The number of alkyl halides is 3. The normalized spacial score (nSPS) is 19.1. The van der Waals surface area contributed by atoms with Crippen LogP contribution in [-0.2, 0) is 17.4 Å². The second kappa shape index (κ2) is 3.40. The minimum Gasteiger partial charge on any atom is -0.480 e. The molecule has 0 saturated carbocycles. The summed E-state index contributed by atoms with van der Waals surface area (Å²) in [5.41, 5.74) is -0.481. The van der Waals surface area contributed by atoms with Crippen molar-refractivity contribution in [3.63, 3.8) is 0 Å². The van der Waals surface area contributed by atoms with Crippen molar-refractivity contribution < 1.29 is 23.1 Å². The standard InChI is InChI=1S/C10H8F3NO2/c11-10(12,13)6-2-1-3-7-5(6)4-8(14-7)9(15)16/h1-3,8,14H,4H2,(H,15,16). The van der Waals surface area contributed by atoms with E-state index in [1.54, 1.807) is 0 Å². The summed E-state index contributed by atoms with van der Waals surface area (Å²) in [4.78, 5) is 10.7. The highest BCUT2D eigenvalue weighted by atomic mass is 19.4. The van der Waals surface area contributed by atoms with Gasteiger partial charge in [-0.2, -0.15) is 13.2 Å². The van der Waals surface area contributed by atoms with Gasteiger partial charge in [-0.05, 0) is 17.7 Å². The van der Waals surface area contributed by atoms with Crippen molar-refractivity contribution in [3.05, 3.63) is 29.3 Å². The highest BCUT2D eigenvalue weighted by molar-refractivity contribution is 5.81. The van der Waals surface area contributed by atoms with Gasteiger partial charge in [0, 0.05) is 12.1 Å². The molecule has 1 atom stereocenters. The third kappa shape index (κ3) is 1.70. The first-order valence-electron chi connectivity index (χ1n) is 4.58. The largest absolute Gasteiger partial charge is 0.480 e. The van der Waals surface area contributed by atoms with Gasteiger partial charge in [0.2, 0.25) is 0 Å². The zero-order valence-electron chi connectivity index (χ0n) is 8.01. The Labute approximate surface area is 88.9 Å². The van der Waals surface area contributed by atoms with Crippen LogP contribution in [0, 0.1) is 0 Å². The molecule has 2 rings (SSSR count). The number of fused-ring (bicyclic) bond motifs is 1. The average molecular weight is 231 g/mol. The Kier molecular flexibility index (Phi) is 2.29. The Morgan fingerprint density at radius 2 is 2.12 bits per heavy atom. The summed E-state index contributed by atoms with van der Waals surface area (Å²) in [6, 6.07) is 2.70. The monoisotopic (exact) mass is 231 g/mol. The molecule has 0 fully saturated rings. The fourth-order valence-electron chi connectivity index (χ4n) is 1.80. The minimum absolute atomic E-state index is 0.0300. The van der Waals surface area contributed by atoms with Gasteiger partial charge in [-0.15, -0.1) is 0 Å². The smallest absolute Gasteiger partial charge is 0.416 e. The number of hydrogen-bond acceptors (Lipinski definition) is 2. The Hall–Kier alpha value is -1.72. The predicted octanol–water partition coefficient (Wildman–Crippen LogP) is 2.13. The number of halogens is 3. The summed E-state index contributed by atoms with van der Waals surface area (Å²) < 4.78 is 37.8. The quantitative estimate of drug-likeness (QED) is 0.778. The maximum atomic E-state index is 12.6. The number of nitrogens with one attached hydrogen (secondary N) is 1. The van der Waals surface area contributed by atoms with E-state index in [-0.39, 0.29) is 17.7 Å². The lowest BCUT2D eigenvalue weighted by atomic mass is 10.0. The van der Waals surface area contributed by atoms with Crippen LogP contribution in [0.3, 0.4) is 0 Å². The van der Waals surface area contributed by atoms with Crippen LogP contribution in [0.25, 0.3) is 0 Å². The molecule has 0 amide bonds. The molecule has 1 aliphatic rings. The van der Waals surface area contributed by atoms with E-state index in [1.807, 2.05) is 0 Å². The van der Waals surface area contributed by atoms with Crippen molar-refractivity contribution in [2.24, 2.45) is 0 Å². The van der Waals surface area contributed by atoms with E-state index in [2.05, 4.69) is 5.32 Å². The Morgan fingerprint density at radius 1 is 1.44 bits per heavy atom. The molecule has 2 N–H and O–H groups in total. The molecule has 0 aliphatic carbocycles. The van der Waals surface area contributed by atoms with Crippen molar-refractivity contribution in [1.29, 1.82) is 0 Å². The van der Waals surface area contributed by atoms with Gasteiger partial charge < -0.3 is 10.4 Å². The van der Waals surface area contributed by atoms with Crippen LogP contribution in [-0.4, -0.2) is 17.1 Å². The molecule has 3 nitrogen and oxygen atoms in total. The van der Waals surface area contributed by atoms with Gasteiger partial charge in [-0.25, -0.2) is 4.79 Å². The highest BCUT2D eigenvalue weighted by Crippen LogP contribution is 2.38. The van der Waals surface area contributed by atoms with Gasteiger partial charge in [0.1, 0.15) is 6.04 Å². The van der Waals surface area contributed by atoms with Crippen LogP contribution in [0.15, 0.2) is 18.2 Å². The summed E-state index contributed by atoms with van der Waals surface area (Å²) >= 11 is 0. The Morgan fingerprint density at radius 3 is 2.69 bits per heavy atom. The fraction of sp³-hybridized carbons (Fsp3) is 0.300. The lowest BCUT2D eigenvalue weighted by Gasteiger charge is -2.10. The maximum Gasteiger partial charge on any atom is 0.416 e. The average Bonchev–Trinajstić information content (AvgIpc) is 2.58.